The van der Waals surface area contributed by atoms with E-state index in [1.807, 2.05) is 6.92 Å². The van der Waals surface area contributed by atoms with Crippen molar-refractivity contribution < 1.29 is 4.74 Å². The number of unbranched alkanes of at least 4 members (excludes halogenated alkanes) is 7. The summed E-state index contributed by atoms with van der Waals surface area (Å²) < 4.78 is 5.64. The van der Waals surface area contributed by atoms with Crippen molar-refractivity contribution in [2.45, 2.75) is 103 Å². The smallest absolute Gasteiger partial charge is 0.0634 e. The van der Waals surface area contributed by atoms with Gasteiger partial charge in [0.1, 0.15) is 0 Å². The van der Waals surface area contributed by atoms with Crippen LogP contribution in [-0.2, 0) is 4.74 Å². The molecule has 0 radical (unpaired) electrons. The minimum absolute atomic E-state index is 0.501. The summed E-state index contributed by atoms with van der Waals surface area (Å²) in [5, 5.41) is 0. The Balaban J connectivity index is 3.09. The van der Waals surface area contributed by atoms with Gasteiger partial charge in [0.2, 0.25) is 0 Å². The summed E-state index contributed by atoms with van der Waals surface area (Å²) >= 11 is 0. The molecule has 3 nitrogen and oxygen atoms in total. The van der Waals surface area contributed by atoms with E-state index in [0.717, 1.165) is 38.4 Å². The fourth-order valence-electron chi connectivity index (χ4n) is 2.60. The third kappa shape index (κ3) is 16.3. The van der Waals surface area contributed by atoms with Crippen molar-refractivity contribution in [3.05, 3.63) is 0 Å². The van der Waals surface area contributed by atoms with Gasteiger partial charge in [0.15, 0.2) is 0 Å². The van der Waals surface area contributed by atoms with Crippen molar-refractivity contribution >= 4 is 0 Å². The molecule has 0 heterocycles. The van der Waals surface area contributed by atoms with Crippen LogP contribution in [0.5, 0.6) is 0 Å². The molecule has 0 aromatic heterocycles. The number of hydrogen-bond donors (Lipinski definition) is 2. The minimum Gasteiger partial charge on any atom is -0.381 e. The SMILES string of the molecule is CCC(N)(N)CCCOCCCCCCCCCCC(C)C. The van der Waals surface area contributed by atoms with Crippen LogP contribution in [0.15, 0.2) is 0 Å². The summed E-state index contributed by atoms with van der Waals surface area (Å²) in [6.45, 7) is 8.35. The van der Waals surface area contributed by atoms with Crippen LogP contribution < -0.4 is 11.5 Å². The second kappa shape index (κ2) is 14.5. The molecule has 0 amide bonds. The van der Waals surface area contributed by atoms with Gasteiger partial charge in [-0.05, 0) is 31.6 Å². The van der Waals surface area contributed by atoms with Gasteiger partial charge in [-0.1, -0.05) is 72.1 Å². The molecular formula is C19H42N2O. The lowest BCUT2D eigenvalue weighted by Crippen LogP contribution is -2.48. The third-order valence-electron chi connectivity index (χ3n) is 4.41. The first kappa shape index (κ1) is 21.9. The normalized spacial score (nSPS) is 12.3. The van der Waals surface area contributed by atoms with Crippen molar-refractivity contribution in [1.82, 2.24) is 0 Å². The van der Waals surface area contributed by atoms with Crippen molar-refractivity contribution in [3.8, 4) is 0 Å². The molecule has 0 aromatic rings. The summed E-state index contributed by atoms with van der Waals surface area (Å²) in [6.07, 6.45) is 14.9. The Morgan fingerprint density at radius 1 is 0.773 bits per heavy atom. The van der Waals surface area contributed by atoms with E-state index in [9.17, 15) is 0 Å². The molecule has 0 saturated heterocycles. The molecular weight excluding hydrogens is 272 g/mol. The molecule has 0 atom stereocenters. The van der Waals surface area contributed by atoms with Gasteiger partial charge in [-0.15, -0.1) is 0 Å². The quantitative estimate of drug-likeness (QED) is 0.312. The van der Waals surface area contributed by atoms with Gasteiger partial charge in [-0.3, -0.25) is 0 Å². The van der Waals surface area contributed by atoms with E-state index in [2.05, 4.69) is 13.8 Å². The van der Waals surface area contributed by atoms with Crippen molar-refractivity contribution in [3.63, 3.8) is 0 Å². The van der Waals surface area contributed by atoms with E-state index in [1.54, 1.807) is 0 Å². The number of ether oxygens (including phenoxy) is 1. The summed E-state index contributed by atoms with van der Waals surface area (Å²) in [4.78, 5) is 0. The van der Waals surface area contributed by atoms with Crippen LogP contribution in [0.2, 0.25) is 0 Å². The van der Waals surface area contributed by atoms with E-state index in [4.69, 9.17) is 16.2 Å². The lowest BCUT2D eigenvalue weighted by molar-refractivity contribution is 0.120. The Bertz CT molecular complexity index is 229. The first-order valence-electron chi connectivity index (χ1n) is 9.63. The van der Waals surface area contributed by atoms with Crippen molar-refractivity contribution in [1.29, 1.82) is 0 Å². The first-order chi connectivity index (χ1) is 10.5. The molecule has 0 aliphatic carbocycles. The molecule has 0 rings (SSSR count). The third-order valence-corrected chi connectivity index (χ3v) is 4.41. The van der Waals surface area contributed by atoms with E-state index in [0.29, 0.717) is 0 Å². The van der Waals surface area contributed by atoms with Gasteiger partial charge in [0, 0.05) is 13.2 Å². The lowest BCUT2D eigenvalue weighted by atomic mass is 10.0. The van der Waals surface area contributed by atoms with Gasteiger partial charge in [0.05, 0.1) is 5.66 Å². The topological polar surface area (TPSA) is 61.3 Å². The zero-order valence-electron chi connectivity index (χ0n) is 15.5. The second-order valence-electron chi connectivity index (χ2n) is 7.31. The highest BCUT2D eigenvalue weighted by Gasteiger charge is 2.14. The van der Waals surface area contributed by atoms with Gasteiger partial charge in [0.25, 0.3) is 0 Å². The van der Waals surface area contributed by atoms with Crippen LogP contribution in [0.4, 0.5) is 0 Å². The summed E-state index contributed by atoms with van der Waals surface area (Å²) in [6, 6.07) is 0. The van der Waals surface area contributed by atoms with Gasteiger partial charge in [-0.2, -0.15) is 0 Å². The second-order valence-corrected chi connectivity index (χ2v) is 7.31. The predicted octanol–water partition coefficient (Wildman–Crippen LogP) is 4.97. The molecule has 0 aromatic carbocycles. The Hall–Kier alpha value is -0.120. The summed E-state index contributed by atoms with van der Waals surface area (Å²) in [5.41, 5.74) is 11.3. The predicted molar refractivity (Wildman–Crippen MR) is 97.8 cm³/mol. The Morgan fingerprint density at radius 3 is 1.82 bits per heavy atom. The Morgan fingerprint density at radius 2 is 1.27 bits per heavy atom. The minimum atomic E-state index is -0.501. The fraction of sp³-hybridized carbons (Fsp3) is 1.00. The van der Waals surface area contributed by atoms with Crippen molar-refractivity contribution in [2.24, 2.45) is 17.4 Å². The van der Waals surface area contributed by atoms with Gasteiger partial charge < -0.3 is 16.2 Å². The molecule has 22 heavy (non-hydrogen) atoms. The van der Waals surface area contributed by atoms with Crippen LogP contribution in [0.1, 0.15) is 97.8 Å². The molecule has 0 bridgehead atoms. The highest BCUT2D eigenvalue weighted by atomic mass is 16.5. The largest absolute Gasteiger partial charge is 0.381 e. The van der Waals surface area contributed by atoms with Crippen LogP contribution in [0, 0.1) is 5.92 Å². The molecule has 0 aliphatic heterocycles. The van der Waals surface area contributed by atoms with Crippen LogP contribution >= 0.6 is 0 Å². The fourth-order valence-corrected chi connectivity index (χ4v) is 2.60. The molecule has 0 fully saturated rings. The Kier molecular flexibility index (Phi) is 14.4. The molecule has 0 unspecified atom stereocenters. The van der Waals surface area contributed by atoms with E-state index in [-0.39, 0.29) is 0 Å². The van der Waals surface area contributed by atoms with Gasteiger partial charge >= 0.3 is 0 Å². The number of nitrogens with two attached hydrogens (primary N) is 2. The van der Waals surface area contributed by atoms with Crippen molar-refractivity contribution in [2.75, 3.05) is 13.2 Å². The highest BCUT2D eigenvalue weighted by molar-refractivity contribution is 4.73. The molecule has 134 valence electrons. The zero-order chi connectivity index (χ0) is 16.7. The van der Waals surface area contributed by atoms with Crippen LogP contribution in [0.3, 0.4) is 0 Å². The molecule has 4 N–H and O–H groups in total. The van der Waals surface area contributed by atoms with E-state index < -0.39 is 5.66 Å². The molecule has 3 heteroatoms. The maximum atomic E-state index is 5.89. The standard InChI is InChI=1S/C19H42N2O/c1-4-19(20,21)15-13-17-22-16-12-10-8-6-5-7-9-11-14-18(2)3/h18H,4-17,20-21H2,1-3H3. The lowest BCUT2D eigenvalue weighted by Gasteiger charge is -2.22. The average Bonchev–Trinajstić information content (AvgIpc) is 2.47. The highest BCUT2D eigenvalue weighted by Crippen LogP contribution is 2.12. The molecule has 0 aliphatic rings. The Labute approximate surface area is 139 Å². The van der Waals surface area contributed by atoms with Crippen LogP contribution in [0.25, 0.3) is 0 Å². The number of rotatable bonds is 16. The zero-order valence-corrected chi connectivity index (χ0v) is 15.5. The van der Waals surface area contributed by atoms with Gasteiger partial charge in [-0.25, -0.2) is 0 Å². The van der Waals surface area contributed by atoms with E-state index in [1.165, 1.54) is 57.8 Å². The average molecular weight is 315 g/mol. The number of hydrogen-bond acceptors (Lipinski definition) is 3. The molecule has 0 saturated carbocycles. The summed E-state index contributed by atoms with van der Waals surface area (Å²) in [5.74, 6) is 0.869. The monoisotopic (exact) mass is 314 g/mol. The molecule has 0 spiro atoms. The first-order valence-corrected chi connectivity index (χ1v) is 9.63. The summed E-state index contributed by atoms with van der Waals surface area (Å²) in [7, 11) is 0. The van der Waals surface area contributed by atoms with Crippen LogP contribution in [-0.4, -0.2) is 18.9 Å². The van der Waals surface area contributed by atoms with E-state index >= 15 is 0 Å². The maximum absolute atomic E-state index is 5.89. The maximum Gasteiger partial charge on any atom is 0.0634 e.